The van der Waals surface area contributed by atoms with E-state index >= 15 is 0 Å². The lowest BCUT2D eigenvalue weighted by Gasteiger charge is -2.34. The van der Waals surface area contributed by atoms with Crippen LogP contribution in [0.5, 0.6) is 5.75 Å². The van der Waals surface area contributed by atoms with Gasteiger partial charge in [0.05, 0.1) is 19.3 Å². The minimum Gasteiger partial charge on any atom is -0.497 e. The summed E-state index contributed by atoms with van der Waals surface area (Å²) in [7, 11) is 1.50. The number of rotatable bonds is 5. The Morgan fingerprint density at radius 2 is 2.21 bits per heavy atom. The fraction of sp³-hybridized carbons (Fsp3) is 0.474. The Kier molecular flexibility index (Phi) is 5.53. The molecule has 1 aliphatic rings. The Labute approximate surface area is 161 Å². The number of fused-ring (bicyclic) bond motifs is 1. The summed E-state index contributed by atoms with van der Waals surface area (Å²) in [5, 5.41) is 9.72. The number of benzene rings is 1. The molecule has 0 bridgehead atoms. The van der Waals surface area contributed by atoms with Crippen molar-refractivity contribution in [3.8, 4) is 5.75 Å². The smallest absolute Gasteiger partial charge is 0.410 e. The molecule has 0 fully saturated rings. The van der Waals surface area contributed by atoms with Crippen LogP contribution in [-0.2, 0) is 0 Å². The molecule has 3 atom stereocenters. The van der Waals surface area contributed by atoms with E-state index in [1.807, 2.05) is 13.8 Å². The van der Waals surface area contributed by atoms with Crippen molar-refractivity contribution in [1.29, 1.82) is 0 Å². The molecule has 2 N–H and O–H groups in total. The maximum absolute atomic E-state index is 13.7. The second-order valence-electron chi connectivity index (χ2n) is 6.90. The number of ether oxygens (including phenoxy) is 1. The minimum atomic E-state index is -4.50. The highest BCUT2D eigenvalue weighted by Gasteiger charge is 2.47. The highest BCUT2D eigenvalue weighted by Crippen LogP contribution is 2.44. The van der Waals surface area contributed by atoms with Gasteiger partial charge in [-0.25, -0.2) is 4.68 Å². The molecule has 0 radical (unpaired) electrons. The molecule has 1 aliphatic heterocycles. The van der Waals surface area contributed by atoms with E-state index < -0.39 is 24.2 Å². The van der Waals surface area contributed by atoms with Gasteiger partial charge in [-0.15, -0.1) is 0 Å². The molecule has 3 rings (SSSR count). The van der Waals surface area contributed by atoms with Crippen LogP contribution in [0.2, 0.25) is 0 Å². The number of methoxy groups -OCH3 is 1. The lowest BCUT2D eigenvalue weighted by Crippen LogP contribution is -2.37. The van der Waals surface area contributed by atoms with E-state index in [4.69, 9.17) is 4.74 Å². The lowest BCUT2D eigenvalue weighted by atomic mass is 9.96. The third kappa shape index (κ3) is 3.93. The second-order valence-corrected chi connectivity index (χ2v) is 6.90. The molecule has 2 heterocycles. The zero-order chi connectivity index (χ0) is 20.5. The van der Waals surface area contributed by atoms with Crippen LogP contribution < -0.4 is 15.4 Å². The highest BCUT2D eigenvalue weighted by molar-refractivity contribution is 5.99. The van der Waals surface area contributed by atoms with Gasteiger partial charge in [-0.3, -0.25) is 4.79 Å². The number of nitrogens with zero attached hydrogens (tertiary/aromatic N) is 2. The molecular weight excluding hydrogens is 373 g/mol. The fourth-order valence-electron chi connectivity index (χ4n) is 3.21. The average molecular weight is 396 g/mol. The summed E-state index contributed by atoms with van der Waals surface area (Å²) in [6, 6.07) is 4.31. The maximum atomic E-state index is 13.7. The molecule has 28 heavy (non-hydrogen) atoms. The molecule has 0 spiro atoms. The largest absolute Gasteiger partial charge is 0.497 e. The molecule has 0 saturated heterocycles. The Balaban J connectivity index is 1.99. The van der Waals surface area contributed by atoms with Gasteiger partial charge in [0.15, 0.2) is 6.04 Å². The van der Waals surface area contributed by atoms with Crippen molar-refractivity contribution >= 4 is 11.7 Å². The first-order valence-corrected chi connectivity index (χ1v) is 9.10. The number of amides is 1. The zero-order valence-corrected chi connectivity index (χ0v) is 15.9. The van der Waals surface area contributed by atoms with Gasteiger partial charge in [-0.05, 0) is 31.0 Å². The normalized spacial score (nSPS) is 20.1. The van der Waals surface area contributed by atoms with Crippen molar-refractivity contribution in [3.63, 3.8) is 0 Å². The average Bonchev–Trinajstić information content (AvgIpc) is 3.10. The van der Waals surface area contributed by atoms with Gasteiger partial charge in [-0.2, -0.15) is 18.3 Å². The number of aromatic nitrogens is 2. The number of carbonyl (C=O) groups excluding carboxylic acids is 1. The summed E-state index contributed by atoms with van der Waals surface area (Å²) in [6.07, 6.45) is -2.84. The van der Waals surface area contributed by atoms with E-state index in [1.54, 1.807) is 24.3 Å². The van der Waals surface area contributed by atoms with Gasteiger partial charge in [-0.1, -0.05) is 19.1 Å². The number of alkyl halides is 3. The van der Waals surface area contributed by atoms with Crippen LogP contribution in [0.4, 0.5) is 19.0 Å². The van der Waals surface area contributed by atoms with Crippen molar-refractivity contribution in [3.05, 3.63) is 41.6 Å². The summed E-state index contributed by atoms with van der Waals surface area (Å²) in [5.74, 6) is 0.175. The molecular formula is C19H23F3N4O2. The van der Waals surface area contributed by atoms with E-state index in [9.17, 15) is 18.0 Å². The first-order chi connectivity index (χ1) is 13.2. The van der Waals surface area contributed by atoms with Crippen molar-refractivity contribution < 1.29 is 22.7 Å². The van der Waals surface area contributed by atoms with Crippen molar-refractivity contribution in [1.82, 2.24) is 15.1 Å². The van der Waals surface area contributed by atoms with E-state index in [1.165, 1.54) is 13.3 Å². The van der Waals surface area contributed by atoms with Crippen LogP contribution in [0.15, 0.2) is 30.5 Å². The molecule has 1 amide bonds. The van der Waals surface area contributed by atoms with Gasteiger partial charge >= 0.3 is 6.18 Å². The van der Waals surface area contributed by atoms with E-state index in [0.717, 1.165) is 4.68 Å². The molecule has 1 aromatic heterocycles. The number of hydrogen-bond acceptors (Lipinski definition) is 4. The molecule has 6 nitrogen and oxygen atoms in total. The number of anilines is 1. The summed E-state index contributed by atoms with van der Waals surface area (Å²) in [4.78, 5) is 12.5. The number of hydrogen-bond donors (Lipinski definition) is 2. The van der Waals surface area contributed by atoms with Gasteiger partial charge in [0.25, 0.3) is 5.91 Å². The maximum Gasteiger partial charge on any atom is 0.410 e. The molecule has 1 aromatic carbocycles. The van der Waals surface area contributed by atoms with Crippen LogP contribution in [-0.4, -0.2) is 35.0 Å². The minimum absolute atomic E-state index is 0.0715. The second kappa shape index (κ2) is 7.73. The fourth-order valence-corrected chi connectivity index (χ4v) is 3.21. The molecule has 9 heteroatoms. The highest BCUT2D eigenvalue weighted by atomic mass is 19.4. The first-order valence-electron chi connectivity index (χ1n) is 9.10. The predicted molar refractivity (Wildman–Crippen MR) is 98.5 cm³/mol. The first kappa shape index (κ1) is 20.0. The van der Waals surface area contributed by atoms with Crippen LogP contribution in [0.3, 0.4) is 0 Å². The van der Waals surface area contributed by atoms with E-state index in [2.05, 4.69) is 15.7 Å². The molecule has 0 aliphatic carbocycles. The number of carbonyl (C=O) groups is 1. The summed E-state index contributed by atoms with van der Waals surface area (Å²) in [6.45, 7) is 3.74. The Morgan fingerprint density at radius 3 is 2.86 bits per heavy atom. The van der Waals surface area contributed by atoms with Crippen LogP contribution in [0.1, 0.15) is 54.7 Å². The SMILES string of the molecule is CC[C@H](C)NC(=O)c1cnn2c1N[C@@H](c1cccc(OC)c1)C[C@H]2C(F)(F)F. The zero-order valence-electron chi connectivity index (χ0n) is 15.9. The summed E-state index contributed by atoms with van der Waals surface area (Å²) >= 11 is 0. The Bertz CT molecular complexity index is 850. The third-order valence-electron chi connectivity index (χ3n) is 4.97. The molecule has 0 unspecified atom stereocenters. The Hall–Kier alpha value is -2.71. The standard InChI is InChI=1S/C19H23F3N4O2/c1-4-11(2)24-18(27)14-10-23-26-16(19(20,21)22)9-15(25-17(14)26)12-6-5-7-13(8-12)28-3/h5-8,10-11,15-16,25H,4,9H2,1-3H3,(H,24,27)/t11-,15+,16-/m0/s1. The topological polar surface area (TPSA) is 68.2 Å². The van der Waals surface area contributed by atoms with Crippen molar-refractivity contribution in [2.75, 3.05) is 12.4 Å². The van der Waals surface area contributed by atoms with Crippen molar-refractivity contribution in [2.24, 2.45) is 0 Å². The van der Waals surface area contributed by atoms with E-state index in [0.29, 0.717) is 17.7 Å². The van der Waals surface area contributed by atoms with Crippen LogP contribution in [0.25, 0.3) is 0 Å². The van der Waals surface area contributed by atoms with Gasteiger partial charge in [0, 0.05) is 12.5 Å². The molecule has 152 valence electrons. The van der Waals surface area contributed by atoms with E-state index in [-0.39, 0.29) is 23.8 Å². The van der Waals surface area contributed by atoms with Gasteiger partial charge in [0.2, 0.25) is 0 Å². The monoisotopic (exact) mass is 396 g/mol. The number of nitrogens with one attached hydrogen (secondary N) is 2. The lowest BCUT2D eigenvalue weighted by molar-refractivity contribution is -0.173. The third-order valence-corrected chi connectivity index (χ3v) is 4.97. The number of halogens is 3. The van der Waals surface area contributed by atoms with Crippen LogP contribution in [0, 0.1) is 0 Å². The summed E-state index contributed by atoms with van der Waals surface area (Å²) < 4.78 is 47.2. The van der Waals surface area contributed by atoms with Crippen LogP contribution >= 0.6 is 0 Å². The summed E-state index contributed by atoms with van der Waals surface area (Å²) in [5.41, 5.74) is 0.747. The van der Waals surface area contributed by atoms with Crippen molar-refractivity contribution in [2.45, 2.75) is 51.0 Å². The molecule has 0 saturated carbocycles. The Morgan fingerprint density at radius 1 is 1.46 bits per heavy atom. The molecule has 2 aromatic rings. The quantitative estimate of drug-likeness (QED) is 0.799. The predicted octanol–water partition coefficient (Wildman–Crippen LogP) is 4.08. The van der Waals surface area contributed by atoms with Gasteiger partial charge < -0.3 is 15.4 Å². The van der Waals surface area contributed by atoms with Gasteiger partial charge in [0.1, 0.15) is 17.1 Å².